The van der Waals surface area contributed by atoms with Crippen molar-refractivity contribution in [3.05, 3.63) is 12.1 Å². The summed E-state index contributed by atoms with van der Waals surface area (Å²) in [6.45, 7) is 10.4. The highest BCUT2D eigenvalue weighted by Gasteiger charge is 2.22. The van der Waals surface area contributed by atoms with Gasteiger partial charge in [-0.3, -0.25) is 0 Å². The van der Waals surface area contributed by atoms with Crippen molar-refractivity contribution in [3.63, 3.8) is 0 Å². The first kappa shape index (κ1) is 10.5. The highest BCUT2D eigenvalue weighted by Crippen LogP contribution is 2.25. The molecule has 1 aliphatic heterocycles. The van der Waals surface area contributed by atoms with E-state index >= 15 is 0 Å². The molecule has 84 valence electrons. The van der Waals surface area contributed by atoms with E-state index in [1.165, 1.54) is 0 Å². The Balaban J connectivity index is 2.12. The molecule has 4 nitrogen and oxygen atoms in total. The van der Waals surface area contributed by atoms with E-state index in [2.05, 4.69) is 36.0 Å². The second kappa shape index (κ2) is 3.85. The maximum Gasteiger partial charge on any atom is 0.216 e. The molecule has 0 radical (unpaired) electrons. The number of hydrogen-bond acceptors (Lipinski definition) is 4. The molecule has 2 heterocycles. The van der Waals surface area contributed by atoms with Crippen molar-refractivity contribution < 1.29 is 4.42 Å². The van der Waals surface area contributed by atoms with Crippen LogP contribution in [0.5, 0.6) is 0 Å². The summed E-state index contributed by atoms with van der Waals surface area (Å²) in [5.41, 5.74) is -0.00765. The normalized spacial score (nSPS) is 18.2. The van der Waals surface area contributed by atoms with Crippen molar-refractivity contribution in [1.29, 1.82) is 0 Å². The van der Waals surface area contributed by atoms with Gasteiger partial charge in [-0.25, -0.2) is 4.98 Å². The molecular formula is C11H19N3O. The molecule has 0 saturated carbocycles. The molecule has 0 atom stereocenters. The van der Waals surface area contributed by atoms with Crippen LogP contribution in [-0.4, -0.2) is 31.2 Å². The lowest BCUT2D eigenvalue weighted by atomic mass is 9.97. The van der Waals surface area contributed by atoms with Gasteiger partial charge in [-0.2, -0.15) is 0 Å². The topological polar surface area (TPSA) is 41.3 Å². The van der Waals surface area contributed by atoms with E-state index in [0.717, 1.165) is 38.0 Å². The Morgan fingerprint density at radius 2 is 2.00 bits per heavy atom. The van der Waals surface area contributed by atoms with Crippen molar-refractivity contribution in [2.24, 2.45) is 0 Å². The van der Waals surface area contributed by atoms with Gasteiger partial charge >= 0.3 is 0 Å². The van der Waals surface area contributed by atoms with Crippen molar-refractivity contribution in [2.45, 2.75) is 26.2 Å². The van der Waals surface area contributed by atoms with E-state index in [4.69, 9.17) is 4.42 Å². The molecule has 1 aliphatic rings. The lowest BCUT2D eigenvalue weighted by Gasteiger charge is -2.26. The van der Waals surface area contributed by atoms with Gasteiger partial charge < -0.3 is 14.6 Å². The zero-order chi connectivity index (χ0) is 10.9. The standard InChI is InChI=1S/C11H19N3O/c1-11(2,3)10-13-8-9(15-10)14-6-4-12-5-7-14/h8,12H,4-7H2,1-3H3. The minimum atomic E-state index is -0.00765. The summed E-state index contributed by atoms with van der Waals surface area (Å²) >= 11 is 0. The molecule has 2 rings (SSSR count). The first-order valence-corrected chi connectivity index (χ1v) is 5.49. The van der Waals surface area contributed by atoms with E-state index in [1.807, 2.05) is 6.20 Å². The smallest absolute Gasteiger partial charge is 0.216 e. The fraction of sp³-hybridized carbons (Fsp3) is 0.727. The Bertz CT molecular complexity index is 321. The Morgan fingerprint density at radius 3 is 2.53 bits per heavy atom. The third kappa shape index (κ3) is 2.31. The summed E-state index contributed by atoms with van der Waals surface area (Å²) in [4.78, 5) is 6.57. The molecule has 1 fully saturated rings. The molecule has 0 aromatic carbocycles. The quantitative estimate of drug-likeness (QED) is 0.758. The van der Waals surface area contributed by atoms with Crippen LogP contribution in [0.15, 0.2) is 10.6 Å². The maximum atomic E-state index is 5.77. The van der Waals surface area contributed by atoms with Crippen LogP contribution in [0, 0.1) is 0 Å². The number of rotatable bonds is 1. The fourth-order valence-electron chi connectivity index (χ4n) is 1.64. The zero-order valence-electron chi connectivity index (χ0n) is 9.71. The Kier molecular flexibility index (Phi) is 2.69. The number of piperazine rings is 1. The van der Waals surface area contributed by atoms with Gasteiger partial charge in [-0.1, -0.05) is 20.8 Å². The van der Waals surface area contributed by atoms with Crippen LogP contribution < -0.4 is 10.2 Å². The molecule has 4 heteroatoms. The average Bonchev–Trinajstić information content (AvgIpc) is 2.67. The highest BCUT2D eigenvalue weighted by molar-refractivity contribution is 5.33. The summed E-state index contributed by atoms with van der Waals surface area (Å²) in [6, 6.07) is 0. The molecule has 0 bridgehead atoms. The lowest BCUT2D eigenvalue weighted by Crippen LogP contribution is -2.43. The number of nitrogens with one attached hydrogen (secondary N) is 1. The van der Waals surface area contributed by atoms with Gasteiger partial charge in [-0.15, -0.1) is 0 Å². The number of hydrogen-bond donors (Lipinski definition) is 1. The lowest BCUT2D eigenvalue weighted by molar-refractivity contribution is 0.387. The zero-order valence-corrected chi connectivity index (χ0v) is 9.71. The molecule has 0 spiro atoms. The van der Waals surface area contributed by atoms with Crippen LogP contribution in [0.25, 0.3) is 0 Å². The summed E-state index contributed by atoms with van der Waals surface area (Å²) in [7, 11) is 0. The van der Waals surface area contributed by atoms with E-state index in [1.54, 1.807) is 0 Å². The number of aromatic nitrogens is 1. The van der Waals surface area contributed by atoms with Crippen molar-refractivity contribution in [1.82, 2.24) is 10.3 Å². The molecule has 15 heavy (non-hydrogen) atoms. The van der Waals surface area contributed by atoms with Crippen LogP contribution >= 0.6 is 0 Å². The summed E-state index contributed by atoms with van der Waals surface area (Å²) in [6.07, 6.45) is 1.84. The molecular weight excluding hydrogens is 190 g/mol. The van der Waals surface area contributed by atoms with Crippen molar-refractivity contribution in [3.8, 4) is 0 Å². The first-order chi connectivity index (χ1) is 7.07. The van der Waals surface area contributed by atoms with Crippen molar-refractivity contribution >= 4 is 5.88 Å². The predicted octanol–water partition coefficient (Wildman–Crippen LogP) is 1.38. The van der Waals surface area contributed by atoms with Gasteiger partial charge in [0.05, 0.1) is 6.20 Å². The van der Waals surface area contributed by atoms with Crippen molar-refractivity contribution in [2.75, 3.05) is 31.1 Å². The number of oxazole rings is 1. The second-order valence-corrected chi connectivity index (χ2v) is 4.99. The molecule has 0 amide bonds. The Morgan fingerprint density at radius 1 is 1.33 bits per heavy atom. The van der Waals surface area contributed by atoms with E-state index in [-0.39, 0.29) is 5.41 Å². The number of anilines is 1. The van der Waals surface area contributed by atoms with Crippen LogP contribution in [0.4, 0.5) is 5.88 Å². The van der Waals surface area contributed by atoms with E-state index < -0.39 is 0 Å². The van der Waals surface area contributed by atoms with Gasteiger partial charge in [0.25, 0.3) is 0 Å². The predicted molar refractivity (Wildman–Crippen MR) is 60.3 cm³/mol. The SMILES string of the molecule is CC(C)(C)c1ncc(N2CCNCC2)o1. The molecule has 0 aliphatic carbocycles. The minimum absolute atomic E-state index is 0.00765. The third-order valence-corrected chi connectivity index (χ3v) is 2.56. The summed E-state index contributed by atoms with van der Waals surface area (Å²) in [5, 5.41) is 3.32. The Hall–Kier alpha value is -1.03. The van der Waals surface area contributed by atoms with Gasteiger partial charge in [0.2, 0.25) is 11.8 Å². The molecule has 0 unspecified atom stereocenters. The summed E-state index contributed by atoms with van der Waals surface area (Å²) in [5.74, 6) is 1.72. The maximum absolute atomic E-state index is 5.77. The molecule has 1 aromatic rings. The molecule has 1 saturated heterocycles. The highest BCUT2D eigenvalue weighted by atomic mass is 16.4. The van der Waals surface area contributed by atoms with E-state index in [9.17, 15) is 0 Å². The van der Waals surface area contributed by atoms with Gasteiger partial charge in [-0.05, 0) is 0 Å². The van der Waals surface area contributed by atoms with Gasteiger partial charge in [0.1, 0.15) is 0 Å². The summed E-state index contributed by atoms with van der Waals surface area (Å²) < 4.78 is 5.77. The molecule has 1 N–H and O–H groups in total. The molecule has 1 aromatic heterocycles. The fourth-order valence-corrected chi connectivity index (χ4v) is 1.64. The second-order valence-electron chi connectivity index (χ2n) is 4.99. The van der Waals surface area contributed by atoms with Crippen LogP contribution in [0.3, 0.4) is 0 Å². The minimum Gasteiger partial charge on any atom is -0.425 e. The van der Waals surface area contributed by atoms with E-state index in [0.29, 0.717) is 0 Å². The van der Waals surface area contributed by atoms with Crippen LogP contribution in [0.1, 0.15) is 26.7 Å². The Labute approximate surface area is 90.7 Å². The van der Waals surface area contributed by atoms with Crippen LogP contribution in [-0.2, 0) is 5.41 Å². The largest absolute Gasteiger partial charge is 0.425 e. The first-order valence-electron chi connectivity index (χ1n) is 5.49. The third-order valence-electron chi connectivity index (χ3n) is 2.56. The van der Waals surface area contributed by atoms with Gasteiger partial charge in [0, 0.05) is 31.6 Å². The number of nitrogens with zero attached hydrogens (tertiary/aromatic N) is 2. The van der Waals surface area contributed by atoms with Crippen LogP contribution in [0.2, 0.25) is 0 Å². The average molecular weight is 209 g/mol. The monoisotopic (exact) mass is 209 g/mol. The van der Waals surface area contributed by atoms with Gasteiger partial charge in [0.15, 0.2) is 0 Å².